The Bertz CT molecular complexity index is 955. The largest absolute Gasteiger partial charge is 0.474 e. The molecule has 0 radical (unpaired) electrons. The van der Waals surface area contributed by atoms with Gasteiger partial charge in [0.25, 0.3) is 0 Å². The SMILES string of the molecule is CCOP(=O)(OCC)OCCCCOC(=O)c1ccccc1SC/C=C(\C)CC/C=C(\C)CCC=C(C)C. The van der Waals surface area contributed by atoms with Crippen LogP contribution in [0.5, 0.6) is 0 Å². The molecule has 0 aliphatic carbocycles. The molecule has 6 nitrogen and oxygen atoms in total. The van der Waals surface area contributed by atoms with E-state index < -0.39 is 7.82 Å². The Hall–Kier alpha value is -1.63. The fourth-order valence-corrected chi connectivity index (χ4v) is 5.66. The molecular formula is C30H47O6PS. The Labute approximate surface area is 234 Å². The minimum atomic E-state index is -3.50. The number of phosphoric acid groups is 1. The van der Waals surface area contributed by atoms with Gasteiger partial charge in [0, 0.05) is 10.6 Å². The summed E-state index contributed by atoms with van der Waals surface area (Å²) in [6.45, 7) is 13.1. The summed E-state index contributed by atoms with van der Waals surface area (Å²) in [7, 11) is -3.50. The summed E-state index contributed by atoms with van der Waals surface area (Å²) in [6.07, 6.45) is 12.4. The van der Waals surface area contributed by atoms with Crippen LogP contribution in [0.3, 0.4) is 0 Å². The normalized spacial score (nSPS) is 12.5. The van der Waals surface area contributed by atoms with E-state index in [4.69, 9.17) is 18.3 Å². The van der Waals surface area contributed by atoms with Crippen LogP contribution < -0.4 is 0 Å². The van der Waals surface area contributed by atoms with Gasteiger partial charge in [0.1, 0.15) is 0 Å². The van der Waals surface area contributed by atoms with Gasteiger partial charge in [-0.2, -0.15) is 0 Å². The van der Waals surface area contributed by atoms with Gasteiger partial charge in [-0.05, 0) is 92.2 Å². The zero-order valence-corrected chi connectivity index (χ0v) is 25.8. The summed E-state index contributed by atoms with van der Waals surface area (Å²) in [4.78, 5) is 13.6. The van der Waals surface area contributed by atoms with Crippen molar-refractivity contribution in [3.63, 3.8) is 0 Å². The van der Waals surface area contributed by atoms with Crippen molar-refractivity contribution >= 4 is 25.6 Å². The molecule has 0 aliphatic heterocycles. The molecule has 0 saturated carbocycles. The maximum atomic E-state index is 12.7. The van der Waals surface area contributed by atoms with E-state index in [9.17, 15) is 9.36 Å². The van der Waals surface area contributed by atoms with Crippen LogP contribution in [0.2, 0.25) is 0 Å². The van der Waals surface area contributed by atoms with E-state index in [-0.39, 0.29) is 32.4 Å². The minimum Gasteiger partial charge on any atom is -0.462 e. The first kappa shape index (κ1) is 34.4. The first-order chi connectivity index (χ1) is 18.2. The Morgan fingerprint density at radius 2 is 1.45 bits per heavy atom. The third kappa shape index (κ3) is 15.7. The van der Waals surface area contributed by atoms with Crippen molar-refractivity contribution in [1.82, 2.24) is 0 Å². The lowest BCUT2D eigenvalue weighted by atomic mass is 10.1. The summed E-state index contributed by atoms with van der Waals surface area (Å²) >= 11 is 1.64. The van der Waals surface area contributed by atoms with Gasteiger partial charge < -0.3 is 4.74 Å². The van der Waals surface area contributed by atoms with Crippen LogP contribution in [0.4, 0.5) is 0 Å². The van der Waals surface area contributed by atoms with Gasteiger partial charge in [0.05, 0.1) is 32.0 Å². The van der Waals surface area contributed by atoms with E-state index in [1.54, 1.807) is 31.7 Å². The highest BCUT2D eigenvalue weighted by molar-refractivity contribution is 7.99. The molecule has 0 amide bonds. The highest BCUT2D eigenvalue weighted by Gasteiger charge is 2.24. The number of rotatable bonds is 20. The monoisotopic (exact) mass is 566 g/mol. The van der Waals surface area contributed by atoms with Gasteiger partial charge in [-0.25, -0.2) is 9.36 Å². The Kier molecular flexibility index (Phi) is 18.4. The molecule has 1 aromatic rings. The molecule has 0 aromatic heterocycles. The lowest BCUT2D eigenvalue weighted by molar-refractivity contribution is 0.0484. The van der Waals surface area contributed by atoms with Crippen molar-refractivity contribution in [2.45, 2.75) is 85.0 Å². The van der Waals surface area contributed by atoms with Gasteiger partial charge in [-0.15, -0.1) is 11.8 Å². The average Bonchev–Trinajstić information content (AvgIpc) is 2.86. The third-order valence-corrected chi connectivity index (χ3v) is 8.14. The second kappa shape index (κ2) is 20.3. The van der Waals surface area contributed by atoms with Gasteiger partial charge >= 0.3 is 13.8 Å². The minimum absolute atomic E-state index is 0.207. The quantitative estimate of drug-likeness (QED) is 0.0512. The first-order valence-electron chi connectivity index (χ1n) is 13.6. The van der Waals surface area contributed by atoms with Crippen molar-refractivity contribution in [2.24, 2.45) is 0 Å². The number of carbonyl (C=O) groups is 1. The van der Waals surface area contributed by atoms with E-state index in [1.165, 1.54) is 16.7 Å². The number of esters is 1. The number of phosphoric ester groups is 1. The third-order valence-electron chi connectivity index (χ3n) is 5.50. The highest BCUT2D eigenvalue weighted by Crippen LogP contribution is 2.49. The highest BCUT2D eigenvalue weighted by atomic mass is 32.2. The fourth-order valence-electron chi connectivity index (χ4n) is 3.42. The molecule has 0 saturated heterocycles. The number of thioether (sulfide) groups is 1. The van der Waals surface area contributed by atoms with Crippen molar-refractivity contribution in [3.05, 3.63) is 64.8 Å². The predicted octanol–water partition coefficient (Wildman–Crippen LogP) is 9.33. The molecule has 8 heteroatoms. The van der Waals surface area contributed by atoms with E-state index in [0.29, 0.717) is 18.4 Å². The lowest BCUT2D eigenvalue weighted by Gasteiger charge is -2.16. The molecule has 0 fully saturated rings. The molecule has 0 atom stereocenters. The molecule has 1 rings (SSSR count). The van der Waals surface area contributed by atoms with Gasteiger partial charge in [-0.1, -0.05) is 47.1 Å². The van der Waals surface area contributed by atoms with Crippen LogP contribution in [-0.4, -0.2) is 38.1 Å². The van der Waals surface area contributed by atoms with Crippen molar-refractivity contribution < 1.29 is 27.7 Å². The average molecular weight is 567 g/mol. The lowest BCUT2D eigenvalue weighted by Crippen LogP contribution is -2.08. The molecule has 0 aliphatic rings. The molecule has 38 heavy (non-hydrogen) atoms. The number of hydrogen-bond acceptors (Lipinski definition) is 7. The predicted molar refractivity (Wildman–Crippen MR) is 159 cm³/mol. The van der Waals surface area contributed by atoms with E-state index >= 15 is 0 Å². The number of allylic oxidation sites excluding steroid dienone is 5. The summed E-state index contributed by atoms with van der Waals surface area (Å²) < 4.78 is 33.2. The molecule has 0 unspecified atom stereocenters. The van der Waals surface area contributed by atoms with Crippen molar-refractivity contribution in [3.8, 4) is 0 Å². The Balaban J connectivity index is 2.42. The van der Waals surface area contributed by atoms with Crippen LogP contribution in [0.15, 0.2) is 64.1 Å². The zero-order chi connectivity index (χ0) is 28.2. The van der Waals surface area contributed by atoms with E-state index in [0.717, 1.165) is 36.3 Å². The molecule has 0 heterocycles. The van der Waals surface area contributed by atoms with E-state index in [2.05, 4.69) is 45.9 Å². The summed E-state index contributed by atoms with van der Waals surface area (Å²) in [5.41, 5.74) is 4.75. The maximum absolute atomic E-state index is 12.7. The number of hydrogen-bond donors (Lipinski definition) is 0. The summed E-state index contributed by atoms with van der Waals surface area (Å²) in [5, 5.41) is 0. The molecule has 214 valence electrons. The first-order valence-corrected chi connectivity index (χ1v) is 16.0. The van der Waals surface area contributed by atoms with Crippen LogP contribution in [0.1, 0.15) is 90.4 Å². The second-order valence-electron chi connectivity index (χ2n) is 9.23. The number of ether oxygens (including phenoxy) is 1. The smallest absolute Gasteiger partial charge is 0.462 e. The maximum Gasteiger partial charge on any atom is 0.474 e. The van der Waals surface area contributed by atoms with E-state index in [1.807, 2.05) is 18.2 Å². The second-order valence-corrected chi connectivity index (χ2v) is 12.0. The number of benzene rings is 1. The summed E-state index contributed by atoms with van der Waals surface area (Å²) in [6, 6.07) is 7.54. The molecule has 0 spiro atoms. The van der Waals surface area contributed by atoms with Crippen LogP contribution in [0.25, 0.3) is 0 Å². The van der Waals surface area contributed by atoms with Crippen LogP contribution in [-0.2, 0) is 22.9 Å². The zero-order valence-electron chi connectivity index (χ0n) is 24.1. The molecular weight excluding hydrogens is 519 g/mol. The Morgan fingerprint density at radius 1 is 0.842 bits per heavy atom. The molecule has 1 aromatic carbocycles. The van der Waals surface area contributed by atoms with Gasteiger partial charge in [0.15, 0.2) is 0 Å². The summed E-state index contributed by atoms with van der Waals surface area (Å²) in [5.74, 6) is 0.467. The standard InChI is InChI=1S/C30H47O6PS/c1-7-34-37(32,35-8-2)36-23-12-11-22-33-30(31)28-19-9-10-20-29(28)38-24-21-27(6)18-14-17-26(5)16-13-15-25(3)4/h9-10,15,17,19-21H,7-8,11-14,16,18,22-24H2,1-6H3/b26-17+,27-21+. The fraction of sp³-hybridized carbons (Fsp3) is 0.567. The van der Waals surface area contributed by atoms with Gasteiger partial charge in [0.2, 0.25) is 0 Å². The van der Waals surface area contributed by atoms with Crippen molar-refractivity contribution in [2.75, 3.05) is 32.2 Å². The molecule has 0 N–H and O–H groups in total. The topological polar surface area (TPSA) is 71.1 Å². The number of carbonyl (C=O) groups excluding carboxylic acids is 1. The Morgan fingerprint density at radius 3 is 2.11 bits per heavy atom. The van der Waals surface area contributed by atoms with Crippen LogP contribution >= 0.6 is 19.6 Å². The van der Waals surface area contributed by atoms with Crippen molar-refractivity contribution in [1.29, 1.82) is 0 Å². The number of unbranched alkanes of at least 4 members (excludes halogenated alkanes) is 1. The van der Waals surface area contributed by atoms with Gasteiger partial charge in [-0.3, -0.25) is 13.6 Å². The molecule has 0 bridgehead atoms. The van der Waals surface area contributed by atoms with Crippen LogP contribution in [0, 0.1) is 0 Å².